The van der Waals surface area contributed by atoms with Crippen LogP contribution < -0.4 is 5.32 Å². The van der Waals surface area contributed by atoms with E-state index in [2.05, 4.69) is 5.32 Å². The predicted octanol–water partition coefficient (Wildman–Crippen LogP) is 0.706. The molecule has 0 radical (unpaired) electrons. The molecule has 7 heteroatoms. The molecule has 1 N–H and O–H groups in total. The van der Waals surface area contributed by atoms with Crippen molar-refractivity contribution in [3.8, 4) is 0 Å². The fourth-order valence-electron chi connectivity index (χ4n) is 3.85. The van der Waals surface area contributed by atoms with Crippen LogP contribution in [0.1, 0.15) is 45.4 Å². The highest BCUT2D eigenvalue weighted by Gasteiger charge is 2.41. The summed E-state index contributed by atoms with van der Waals surface area (Å²) in [4.78, 5) is 11.4. The molecule has 0 aliphatic carbocycles. The van der Waals surface area contributed by atoms with Gasteiger partial charge in [-0.15, -0.1) is 0 Å². The molecule has 1 amide bonds. The van der Waals surface area contributed by atoms with Crippen molar-refractivity contribution in [2.45, 2.75) is 57.5 Å². The fraction of sp³-hybridized carbons (Fsp3) is 0.929. The molecule has 3 aliphatic heterocycles. The Hall–Kier alpha value is -0.660. The lowest BCUT2D eigenvalue weighted by molar-refractivity contribution is -0.125. The number of rotatable bonds is 2. The second kappa shape index (κ2) is 5.85. The zero-order valence-corrected chi connectivity index (χ0v) is 13.4. The minimum atomic E-state index is -3.34. The maximum absolute atomic E-state index is 12.9. The average Bonchev–Trinajstić information content (AvgIpc) is 2.47. The molecule has 0 aromatic heterocycles. The number of hydrogen-bond donors (Lipinski definition) is 1. The maximum atomic E-state index is 12.9. The first-order valence-corrected chi connectivity index (χ1v) is 9.44. The van der Waals surface area contributed by atoms with Crippen LogP contribution in [0, 0.1) is 5.92 Å². The number of nitrogens with zero attached hydrogens (tertiary/aromatic N) is 2. The maximum Gasteiger partial charge on any atom is 0.282 e. The van der Waals surface area contributed by atoms with E-state index < -0.39 is 10.2 Å². The van der Waals surface area contributed by atoms with E-state index in [0.29, 0.717) is 26.1 Å². The summed E-state index contributed by atoms with van der Waals surface area (Å²) in [7, 11) is -3.34. The monoisotopic (exact) mass is 315 g/mol. The topological polar surface area (TPSA) is 69.7 Å². The third-order valence-corrected chi connectivity index (χ3v) is 7.27. The van der Waals surface area contributed by atoms with E-state index in [1.807, 2.05) is 6.92 Å². The standard InChI is InChI=1S/C14H25N3O3S/c1-11-4-2-3-8-17(11)21(19,20)16-9-7-13-12(10-16)5-6-14(18)15-13/h11-13H,2-10H2,1H3,(H,15,18). The molecule has 120 valence electrons. The van der Waals surface area contributed by atoms with Crippen LogP contribution >= 0.6 is 0 Å². The van der Waals surface area contributed by atoms with Gasteiger partial charge in [0.25, 0.3) is 10.2 Å². The first-order chi connectivity index (χ1) is 9.98. The van der Waals surface area contributed by atoms with Gasteiger partial charge in [-0.1, -0.05) is 6.42 Å². The molecule has 3 unspecified atom stereocenters. The number of amides is 1. The molecule has 3 atom stereocenters. The molecule has 3 rings (SSSR count). The van der Waals surface area contributed by atoms with Gasteiger partial charge in [0.2, 0.25) is 5.91 Å². The lowest BCUT2D eigenvalue weighted by Crippen LogP contribution is -2.58. The number of fused-ring (bicyclic) bond motifs is 1. The quantitative estimate of drug-likeness (QED) is 0.816. The van der Waals surface area contributed by atoms with E-state index >= 15 is 0 Å². The van der Waals surface area contributed by atoms with Crippen molar-refractivity contribution in [3.05, 3.63) is 0 Å². The summed E-state index contributed by atoms with van der Waals surface area (Å²) < 4.78 is 29.0. The number of piperidine rings is 3. The summed E-state index contributed by atoms with van der Waals surface area (Å²) in [5.74, 6) is 0.378. The van der Waals surface area contributed by atoms with Crippen LogP contribution in [0.3, 0.4) is 0 Å². The molecule has 3 fully saturated rings. The molecule has 0 bridgehead atoms. The van der Waals surface area contributed by atoms with Crippen LogP contribution in [-0.4, -0.2) is 54.7 Å². The van der Waals surface area contributed by atoms with E-state index in [-0.39, 0.29) is 23.9 Å². The van der Waals surface area contributed by atoms with Crippen molar-refractivity contribution in [1.29, 1.82) is 0 Å². The Kier molecular flexibility index (Phi) is 4.25. The molecule has 21 heavy (non-hydrogen) atoms. The highest BCUT2D eigenvalue weighted by molar-refractivity contribution is 7.86. The van der Waals surface area contributed by atoms with Crippen molar-refractivity contribution in [3.63, 3.8) is 0 Å². The Labute approximate surface area is 127 Å². The summed E-state index contributed by atoms with van der Waals surface area (Å²) in [6, 6.07) is 0.268. The van der Waals surface area contributed by atoms with Crippen LogP contribution in [-0.2, 0) is 15.0 Å². The third kappa shape index (κ3) is 2.96. The lowest BCUT2D eigenvalue weighted by atomic mass is 9.86. The average molecular weight is 315 g/mol. The molecule has 0 aromatic carbocycles. The SMILES string of the molecule is CC1CCCCN1S(=O)(=O)N1CCC2NC(=O)CCC2C1. The van der Waals surface area contributed by atoms with Crippen molar-refractivity contribution < 1.29 is 13.2 Å². The summed E-state index contributed by atoms with van der Waals surface area (Å²) in [6.45, 7) is 3.72. The summed E-state index contributed by atoms with van der Waals surface area (Å²) >= 11 is 0. The van der Waals surface area contributed by atoms with Gasteiger partial charge < -0.3 is 5.32 Å². The Bertz CT molecular complexity index is 508. The van der Waals surface area contributed by atoms with Gasteiger partial charge in [0.1, 0.15) is 0 Å². The van der Waals surface area contributed by atoms with Crippen LogP contribution in [0.2, 0.25) is 0 Å². The predicted molar refractivity (Wildman–Crippen MR) is 79.8 cm³/mol. The van der Waals surface area contributed by atoms with Crippen molar-refractivity contribution in [2.24, 2.45) is 5.92 Å². The zero-order chi connectivity index (χ0) is 15.0. The molecular weight excluding hydrogens is 290 g/mol. The molecule has 3 saturated heterocycles. The summed E-state index contributed by atoms with van der Waals surface area (Å²) in [5, 5.41) is 3.00. The largest absolute Gasteiger partial charge is 0.353 e. The Morgan fingerprint density at radius 1 is 1.14 bits per heavy atom. The molecule has 3 heterocycles. The van der Waals surface area contributed by atoms with E-state index in [1.165, 1.54) is 0 Å². The molecule has 0 saturated carbocycles. The second-order valence-corrected chi connectivity index (χ2v) is 8.46. The molecule has 0 aromatic rings. The van der Waals surface area contributed by atoms with Crippen LogP contribution in [0.4, 0.5) is 0 Å². The molecule has 6 nitrogen and oxygen atoms in total. The van der Waals surface area contributed by atoms with E-state index in [4.69, 9.17) is 0 Å². The summed E-state index contributed by atoms with van der Waals surface area (Å²) in [6.07, 6.45) is 5.09. The lowest BCUT2D eigenvalue weighted by Gasteiger charge is -2.43. The Morgan fingerprint density at radius 3 is 2.71 bits per heavy atom. The number of hydrogen-bond acceptors (Lipinski definition) is 3. The normalized spacial score (nSPS) is 36.0. The minimum Gasteiger partial charge on any atom is -0.353 e. The van der Waals surface area contributed by atoms with Crippen molar-refractivity contribution in [1.82, 2.24) is 13.9 Å². The van der Waals surface area contributed by atoms with Crippen molar-refractivity contribution >= 4 is 16.1 Å². The zero-order valence-electron chi connectivity index (χ0n) is 12.6. The molecule has 0 spiro atoms. The minimum absolute atomic E-state index is 0.104. The van der Waals surface area contributed by atoms with E-state index in [1.54, 1.807) is 8.61 Å². The third-order valence-electron chi connectivity index (χ3n) is 5.15. The number of nitrogens with one attached hydrogen (secondary N) is 1. The molecule has 3 aliphatic rings. The Balaban J connectivity index is 1.70. The van der Waals surface area contributed by atoms with Gasteiger partial charge in [-0.05, 0) is 38.5 Å². The highest BCUT2D eigenvalue weighted by atomic mass is 32.2. The van der Waals surface area contributed by atoms with E-state index in [0.717, 1.165) is 32.1 Å². The molecular formula is C14H25N3O3S. The first kappa shape index (κ1) is 15.2. The van der Waals surface area contributed by atoms with Gasteiger partial charge in [-0.25, -0.2) is 0 Å². The Morgan fingerprint density at radius 2 is 1.95 bits per heavy atom. The van der Waals surface area contributed by atoms with Crippen LogP contribution in [0.15, 0.2) is 0 Å². The highest BCUT2D eigenvalue weighted by Crippen LogP contribution is 2.29. The number of carbonyl (C=O) groups excluding carboxylic acids is 1. The van der Waals surface area contributed by atoms with Gasteiger partial charge in [0.15, 0.2) is 0 Å². The van der Waals surface area contributed by atoms with Gasteiger partial charge >= 0.3 is 0 Å². The van der Waals surface area contributed by atoms with Crippen molar-refractivity contribution in [2.75, 3.05) is 19.6 Å². The van der Waals surface area contributed by atoms with Gasteiger partial charge in [-0.2, -0.15) is 17.0 Å². The smallest absolute Gasteiger partial charge is 0.282 e. The van der Waals surface area contributed by atoms with Crippen LogP contribution in [0.5, 0.6) is 0 Å². The first-order valence-electron chi connectivity index (χ1n) is 8.05. The van der Waals surface area contributed by atoms with Gasteiger partial charge in [0, 0.05) is 38.1 Å². The van der Waals surface area contributed by atoms with E-state index in [9.17, 15) is 13.2 Å². The number of carbonyl (C=O) groups is 1. The van der Waals surface area contributed by atoms with Crippen LogP contribution in [0.25, 0.3) is 0 Å². The fourth-order valence-corrected chi connectivity index (χ4v) is 5.78. The second-order valence-electron chi connectivity index (χ2n) is 6.58. The van der Waals surface area contributed by atoms with Gasteiger partial charge in [0.05, 0.1) is 0 Å². The van der Waals surface area contributed by atoms with Gasteiger partial charge in [-0.3, -0.25) is 4.79 Å². The summed E-state index contributed by atoms with van der Waals surface area (Å²) in [5.41, 5.74) is 0.